The summed E-state index contributed by atoms with van der Waals surface area (Å²) >= 11 is 5.70. The number of piperidine rings is 1. The number of aryl methyl sites for hydroxylation is 1. The molecule has 0 unspecified atom stereocenters. The molecule has 0 aromatic heterocycles. The standard InChI is InChI=1S/C24H26ClFN2O4/c1-32-24(31)22(29)10-7-16-5-6-17(13-18(16)15-28-11-3-2-4-12-28)23(30)27-19-8-9-20(25)21(26)14-19/h5-6,8-9,13-14H,2-4,7,10-12,15H2,1H3,(H,27,30). The van der Waals surface area contributed by atoms with Crippen molar-refractivity contribution in [1.29, 1.82) is 0 Å². The van der Waals surface area contributed by atoms with E-state index in [1.807, 2.05) is 0 Å². The first-order valence-electron chi connectivity index (χ1n) is 10.6. The van der Waals surface area contributed by atoms with Gasteiger partial charge < -0.3 is 10.1 Å². The molecule has 1 aliphatic heterocycles. The molecule has 0 aliphatic carbocycles. The van der Waals surface area contributed by atoms with Crippen molar-refractivity contribution >= 4 is 34.9 Å². The second kappa shape index (κ2) is 11.2. The number of ether oxygens (including phenoxy) is 1. The first-order chi connectivity index (χ1) is 15.4. The minimum Gasteiger partial charge on any atom is -0.463 e. The minimum absolute atomic E-state index is 0.0160. The van der Waals surface area contributed by atoms with Gasteiger partial charge in [0.1, 0.15) is 5.82 Å². The molecule has 0 saturated carbocycles. The van der Waals surface area contributed by atoms with Crippen molar-refractivity contribution in [2.24, 2.45) is 0 Å². The number of hydrogen-bond donors (Lipinski definition) is 1. The summed E-state index contributed by atoms with van der Waals surface area (Å²) in [5, 5.41) is 2.67. The van der Waals surface area contributed by atoms with E-state index in [1.165, 1.54) is 31.7 Å². The molecule has 32 heavy (non-hydrogen) atoms. The van der Waals surface area contributed by atoms with Crippen molar-refractivity contribution in [2.45, 2.75) is 38.6 Å². The molecule has 0 spiro atoms. The molecule has 1 N–H and O–H groups in total. The number of halogens is 2. The zero-order chi connectivity index (χ0) is 23.1. The maximum Gasteiger partial charge on any atom is 0.374 e. The average Bonchev–Trinajstić information content (AvgIpc) is 2.80. The Balaban J connectivity index is 1.79. The fourth-order valence-corrected chi connectivity index (χ4v) is 3.88. The summed E-state index contributed by atoms with van der Waals surface area (Å²) in [7, 11) is 1.18. The van der Waals surface area contributed by atoms with Gasteiger partial charge in [0.25, 0.3) is 5.91 Å². The number of ketones is 1. The molecule has 2 aromatic carbocycles. The first kappa shape index (κ1) is 23.9. The fraction of sp³-hybridized carbons (Fsp3) is 0.375. The number of likely N-dealkylation sites (tertiary alicyclic amines) is 1. The Bertz CT molecular complexity index is 1010. The lowest BCUT2D eigenvalue weighted by atomic mass is 9.97. The van der Waals surface area contributed by atoms with Gasteiger partial charge in [-0.3, -0.25) is 14.5 Å². The number of carbonyl (C=O) groups excluding carboxylic acids is 3. The smallest absolute Gasteiger partial charge is 0.374 e. The van der Waals surface area contributed by atoms with Crippen molar-refractivity contribution in [1.82, 2.24) is 4.90 Å². The van der Waals surface area contributed by atoms with Gasteiger partial charge in [-0.1, -0.05) is 24.1 Å². The highest BCUT2D eigenvalue weighted by Crippen LogP contribution is 2.22. The monoisotopic (exact) mass is 460 g/mol. The number of rotatable bonds is 8. The van der Waals surface area contributed by atoms with Crippen LogP contribution in [0.1, 0.15) is 47.2 Å². The molecule has 170 valence electrons. The zero-order valence-corrected chi connectivity index (χ0v) is 18.7. The van der Waals surface area contributed by atoms with E-state index in [4.69, 9.17) is 11.6 Å². The molecule has 2 aromatic rings. The van der Waals surface area contributed by atoms with E-state index in [9.17, 15) is 18.8 Å². The molecule has 3 rings (SSSR count). The van der Waals surface area contributed by atoms with Crippen LogP contribution in [-0.4, -0.2) is 42.8 Å². The Kier molecular flexibility index (Phi) is 8.36. The predicted molar refractivity (Wildman–Crippen MR) is 120 cm³/mol. The Labute approximate surface area is 191 Å². The number of amides is 1. The van der Waals surface area contributed by atoms with Gasteiger partial charge in [-0.15, -0.1) is 0 Å². The number of Topliss-reactive ketones (excluding diaryl/α,β-unsaturated/α-hetero) is 1. The van der Waals surface area contributed by atoms with Gasteiger partial charge in [0.15, 0.2) is 0 Å². The van der Waals surface area contributed by atoms with Gasteiger partial charge in [-0.05, 0) is 73.8 Å². The van der Waals surface area contributed by atoms with E-state index in [0.29, 0.717) is 24.2 Å². The summed E-state index contributed by atoms with van der Waals surface area (Å²) in [6.07, 6.45) is 3.87. The minimum atomic E-state index is -0.853. The molecular formula is C24H26ClFN2O4. The largest absolute Gasteiger partial charge is 0.463 e. The second-order valence-corrected chi connectivity index (χ2v) is 8.23. The molecule has 1 aliphatic rings. The number of benzene rings is 2. The van der Waals surface area contributed by atoms with Crippen LogP contribution in [0.5, 0.6) is 0 Å². The van der Waals surface area contributed by atoms with E-state index in [1.54, 1.807) is 18.2 Å². The van der Waals surface area contributed by atoms with Crippen molar-refractivity contribution in [3.63, 3.8) is 0 Å². The molecule has 0 bridgehead atoms. The van der Waals surface area contributed by atoms with Crippen LogP contribution in [0, 0.1) is 5.82 Å². The molecule has 0 atom stereocenters. The third-order valence-electron chi connectivity index (χ3n) is 5.52. The lowest BCUT2D eigenvalue weighted by Gasteiger charge is -2.27. The normalized spacial score (nSPS) is 14.1. The van der Waals surface area contributed by atoms with Crippen LogP contribution in [0.4, 0.5) is 10.1 Å². The van der Waals surface area contributed by atoms with Crippen LogP contribution in [0.15, 0.2) is 36.4 Å². The van der Waals surface area contributed by atoms with Crippen LogP contribution < -0.4 is 5.32 Å². The van der Waals surface area contributed by atoms with E-state index in [-0.39, 0.29) is 17.4 Å². The Hall–Kier alpha value is -2.77. The highest BCUT2D eigenvalue weighted by Gasteiger charge is 2.18. The fourth-order valence-electron chi connectivity index (χ4n) is 3.76. The Morgan fingerprint density at radius 1 is 1.06 bits per heavy atom. The van der Waals surface area contributed by atoms with Crippen LogP contribution >= 0.6 is 11.6 Å². The quantitative estimate of drug-likeness (QED) is 0.467. The number of nitrogens with one attached hydrogen (secondary N) is 1. The zero-order valence-electron chi connectivity index (χ0n) is 18.0. The van der Waals surface area contributed by atoms with Gasteiger partial charge in [0.05, 0.1) is 12.1 Å². The molecule has 8 heteroatoms. The summed E-state index contributed by atoms with van der Waals surface area (Å²) in [6, 6.07) is 9.36. The van der Waals surface area contributed by atoms with E-state index in [2.05, 4.69) is 15.0 Å². The summed E-state index contributed by atoms with van der Waals surface area (Å²) in [5.74, 6) is -2.42. The highest BCUT2D eigenvalue weighted by atomic mass is 35.5. The number of anilines is 1. The summed E-state index contributed by atoms with van der Waals surface area (Å²) in [6.45, 7) is 2.60. The van der Waals surface area contributed by atoms with Crippen molar-refractivity contribution in [2.75, 3.05) is 25.5 Å². The third kappa shape index (κ3) is 6.37. The van der Waals surface area contributed by atoms with Crippen LogP contribution in [-0.2, 0) is 27.3 Å². The van der Waals surface area contributed by atoms with Gasteiger partial charge >= 0.3 is 5.97 Å². The SMILES string of the molecule is COC(=O)C(=O)CCc1ccc(C(=O)Nc2ccc(Cl)c(F)c2)cc1CN1CCCCC1. The second-order valence-electron chi connectivity index (χ2n) is 7.82. The maximum atomic E-state index is 13.7. The third-order valence-corrected chi connectivity index (χ3v) is 5.83. The topological polar surface area (TPSA) is 75.7 Å². The van der Waals surface area contributed by atoms with Crippen molar-refractivity contribution in [3.8, 4) is 0 Å². The number of nitrogens with zero attached hydrogens (tertiary/aromatic N) is 1. The molecule has 1 heterocycles. The van der Waals surface area contributed by atoms with E-state index in [0.717, 1.165) is 37.1 Å². The molecule has 0 radical (unpaired) electrons. The van der Waals surface area contributed by atoms with Gasteiger partial charge in [0, 0.05) is 24.2 Å². The molecule has 6 nitrogen and oxygen atoms in total. The lowest BCUT2D eigenvalue weighted by molar-refractivity contribution is -0.151. The maximum absolute atomic E-state index is 13.7. The van der Waals surface area contributed by atoms with Gasteiger partial charge in [-0.25, -0.2) is 9.18 Å². The van der Waals surface area contributed by atoms with Crippen LogP contribution in [0.25, 0.3) is 0 Å². The number of carbonyl (C=O) groups is 3. The summed E-state index contributed by atoms with van der Waals surface area (Å²) in [4.78, 5) is 38.4. The Morgan fingerprint density at radius 3 is 2.50 bits per heavy atom. The highest BCUT2D eigenvalue weighted by molar-refractivity contribution is 6.33. The summed E-state index contributed by atoms with van der Waals surface area (Å²) < 4.78 is 18.2. The molecule has 1 fully saturated rings. The predicted octanol–water partition coefficient (Wildman–Crippen LogP) is 4.39. The van der Waals surface area contributed by atoms with Crippen molar-refractivity contribution < 1.29 is 23.5 Å². The lowest BCUT2D eigenvalue weighted by Crippen LogP contribution is -2.29. The van der Waals surface area contributed by atoms with E-state index < -0.39 is 17.6 Å². The number of esters is 1. The first-order valence-corrected chi connectivity index (χ1v) is 11.0. The Morgan fingerprint density at radius 2 is 1.81 bits per heavy atom. The summed E-state index contributed by atoms with van der Waals surface area (Å²) in [5.41, 5.74) is 2.57. The van der Waals surface area contributed by atoms with Crippen molar-refractivity contribution in [3.05, 3.63) is 63.9 Å². The van der Waals surface area contributed by atoms with Crippen LogP contribution in [0.3, 0.4) is 0 Å². The average molecular weight is 461 g/mol. The van der Waals surface area contributed by atoms with Gasteiger partial charge in [0.2, 0.25) is 5.78 Å². The van der Waals surface area contributed by atoms with Crippen LogP contribution in [0.2, 0.25) is 5.02 Å². The van der Waals surface area contributed by atoms with Gasteiger partial charge in [-0.2, -0.15) is 0 Å². The molecule has 1 saturated heterocycles. The molecule has 1 amide bonds. The van der Waals surface area contributed by atoms with E-state index >= 15 is 0 Å². The molecular weight excluding hydrogens is 435 g/mol. The number of methoxy groups -OCH3 is 1. The number of hydrogen-bond acceptors (Lipinski definition) is 5.